The Labute approximate surface area is 106 Å². The summed E-state index contributed by atoms with van der Waals surface area (Å²) in [5.74, 6) is 3.33. The van der Waals surface area contributed by atoms with E-state index in [2.05, 4.69) is 26.0 Å². The van der Waals surface area contributed by atoms with Crippen LogP contribution >= 0.6 is 23.5 Å². The molecule has 0 saturated heterocycles. The van der Waals surface area contributed by atoms with Crippen molar-refractivity contribution in [2.24, 2.45) is 0 Å². The summed E-state index contributed by atoms with van der Waals surface area (Å²) < 4.78 is 5.91. The van der Waals surface area contributed by atoms with Crippen LogP contribution in [0.4, 0.5) is 0 Å². The van der Waals surface area contributed by atoms with Gasteiger partial charge in [0.25, 0.3) is 0 Å². The third-order valence-electron chi connectivity index (χ3n) is 2.68. The fourth-order valence-corrected chi connectivity index (χ4v) is 5.14. The van der Waals surface area contributed by atoms with Crippen molar-refractivity contribution in [2.75, 3.05) is 18.1 Å². The number of ether oxygens (including phenoxy) is 1. The molecule has 0 saturated carbocycles. The van der Waals surface area contributed by atoms with Gasteiger partial charge in [-0.05, 0) is 29.7 Å². The van der Waals surface area contributed by atoms with Crippen LogP contribution in [0.15, 0.2) is 18.2 Å². The van der Waals surface area contributed by atoms with Gasteiger partial charge in [0.1, 0.15) is 5.75 Å². The van der Waals surface area contributed by atoms with Crippen molar-refractivity contribution >= 4 is 23.5 Å². The molecule has 2 rings (SSSR count). The quantitative estimate of drug-likeness (QED) is 0.753. The van der Waals surface area contributed by atoms with Gasteiger partial charge in [-0.2, -0.15) is 0 Å². The molecule has 1 radical (unpaired) electrons. The first-order valence-corrected chi connectivity index (χ1v) is 7.71. The predicted molar refractivity (Wildman–Crippen MR) is 73.3 cm³/mol. The number of hydrogen-bond acceptors (Lipinski definition) is 3. The maximum Gasteiger partial charge on any atom is 0.124 e. The second-order valence-electron chi connectivity index (χ2n) is 3.64. The fraction of sp³-hybridized carbons (Fsp3) is 0.538. The maximum absolute atomic E-state index is 5.72. The Balaban J connectivity index is 2.39. The fourth-order valence-electron chi connectivity index (χ4n) is 2.08. The summed E-state index contributed by atoms with van der Waals surface area (Å²) in [6, 6.07) is 9.25. The first-order valence-electron chi connectivity index (χ1n) is 5.73. The van der Waals surface area contributed by atoms with Gasteiger partial charge < -0.3 is 4.74 Å². The maximum atomic E-state index is 5.72. The molecule has 0 aliphatic carbocycles. The van der Waals surface area contributed by atoms with Crippen LogP contribution in [0.3, 0.4) is 0 Å². The zero-order valence-corrected chi connectivity index (χ0v) is 11.4. The summed E-state index contributed by atoms with van der Waals surface area (Å²) in [5.41, 5.74) is 1.32. The highest BCUT2D eigenvalue weighted by Crippen LogP contribution is 2.53. The molecule has 1 heterocycles. The van der Waals surface area contributed by atoms with Crippen LogP contribution in [0.5, 0.6) is 5.75 Å². The molecule has 0 atom stereocenters. The van der Waals surface area contributed by atoms with Crippen molar-refractivity contribution in [3.05, 3.63) is 29.8 Å². The van der Waals surface area contributed by atoms with Gasteiger partial charge in [-0.25, -0.2) is 0 Å². The molecule has 0 spiro atoms. The van der Waals surface area contributed by atoms with Crippen molar-refractivity contribution in [1.29, 1.82) is 0 Å². The largest absolute Gasteiger partial charge is 0.493 e. The van der Waals surface area contributed by atoms with Crippen molar-refractivity contribution < 1.29 is 4.74 Å². The van der Waals surface area contributed by atoms with Gasteiger partial charge in [-0.15, -0.1) is 23.5 Å². The molecule has 1 aliphatic heterocycles. The molecule has 0 aromatic heterocycles. The average Bonchev–Trinajstić information content (AvgIpc) is 2.30. The molecule has 0 amide bonds. The smallest absolute Gasteiger partial charge is 0.124 e. The summed E-state index contributed by atoms with van der Waals surface area (Å²) in [4.78, 5) is 0. The van der Waals surface area contributed by atoms with E-state index in [1.54, 1.807) is 0 Å². The number of benzene rings is 1. The lowest BCUT2D eigenvalue weighted by Crippen LogP contribution is -2.27. The monoisotopic (exact) mass is 253 g/mol. The van der Waals surface area contributed by atoms with E-state index in [1.165, 1.54) is 5.56 Å². The first-order chi connectivity index (χ1) is 7.82. The molecule has 1 nitrogen and oxygen atoms in total. The van der Waals surface area contributed by atoms with Crippen molar-refractivity contribution in [2.45, 2.75) is 24.3 Å². The Hall–Kier alpha value is -0.280. The molecule has 87 valence electrons. The summed E-state index contributed by atoms with van der Waals surface area (Å²) in [7, 11) is 0. The molecule has 0 fully saturated rings. The Morgan fingerprint density at radius 1 is 1.38 bits per heavy atom. The Morgan fingerprint density at radius 2 is 2.12 bits per heavy atom. The minimum absolute atomic E-state index is 0.189. The van der Waals surface area contributed by atoms with Crippen LogP contribution in [0.2, 0.25) is 0 Å². The Kier molecular flexibility index (Phi) is 4.09. The average molecular weight is 253 g/mol. The first kappa shape index (κ1) is 12.2. The number of rotatable bonds is 4. The van der Waals surface area contributed by atoms with E-state index in [0.717, 1.165) is 30.3 Å². The second kappa shape index (κ2) is 5.37. The van der Waals surface area contributed by atoms with E-state index in [1.807, 2.05) is 35.7 Å². The van der Waals surface area contributed by atoms with Gasteiger partial charge in [0.2, 0.25) is 0 Å². The normalized spacial score (nSPS) is 17.6. The van der Waals surface area contributed by atoms with Crippen LogP contribution < -0.4 is 4.74 Å². The molecule has 16 heavy (non-hydrogen) atoms. The van der Waals surface area contributed by atoms with Crippen molar-refractivity contribution in [3.8, 4) is 5.75 Å². The zero-order chi connectivity index (χ0) is 11.4. The van der Waals surface area contributed by atoms with Crippen molar-refractivity contribution in [1.82, 2.24) is 0 Å². The topological polar surface area (TPSA) is 9.23 Å². The molecule has 0 bridgehead atoms. The van der Waals surface area contributed by atoms with Crippen molar-refractivity contribution in [3.63, 3.8) is 0 Å². The lowest BCUT2D eigenvalue weighted by Gasteiger charge is -2.37. The van der Waals surface area contributed by atoms with Gasteiger partial charge in [0.15, 0.2) is 0 Å². The predicted octanol–water partition coefficient (Wildman–Crippen LogP) is 3.93. The molecular formula is C13H17OS2. The van der Waals surface area contributed by atoms with E-state index in [-0.39, 0.29) is 4.08 Å². The number of fused-ring (bicyclic) bond motifs is 1. The minimum Gasteiger partial charge on any atom is -0.493 e. The standard InChI is InChI=1S/C13H17OS2/c1-3-15-13(16-4-2)9-10-14-12-8-6-5-7-11(12)13/h6-8H,3-4,9-10H2,1-2H3. The molecule has 1 aromatic rings. The van der Waals surface area contributed by atoms with Gasteiger partial charge in [0, 0.05) is 12.0 Å². The van der Waals surface area contributed by atoms with Gasteiger partial charge in [-0.1, -0.05) is 19.9 Å². The van der Waals surface area contributed by atoms with Gasteiger partial charge in [-0.3, -0.25) is 0 Å². The molecule has 0 N–H and O–H groups in total. The molecule has 1 aromatic carbocycles. The number of hydrogen-bond donors (Lipinski definition) is 0. The zero-order valence-electron chi connectivity index (χ0n) is 9.79. The van der Waals surface area contributed by atoms with Crippen LogP contribution in [0.1, 0.15) is 25.8 Å². The third-order valence-corrected chi connectivity index (χ3v) is 5.74. The highest BCUT2D eigenvalue weighted by atomic mass is 32.2. The van der Waals surface area contributed by atoms with E-state index in [4.69, 9.17) is 4.74 Å². The van der Waals surface area contributed by atoms with Crippen LogP contribution in [-0.4, -0.2) is 18.1 Å². The summed E-state index contributed by atoms with van der Waals surface area (Å²) >= 11 is 4.06. The molecule has 3 heteroatoms. The molecule has 0 unspecified atom stereocenters. The van der Waals surface area contributed by atoms with Gasteiger partial charge in [0.05, 0.1) is 10.7 Å². The number of thioether (sulfide) groups is 2. The summed E-state index contributed by atoms with van der Waals surface area (Å²) in [5, 5.41) is 0. The van der Waals surface area contributed by atoms with Crippen LogP contribution in [0, 0.1) is 6.07 Å². The van der Waals surface area contributed by atoms with E-state index < -0.39 is 0 Å². The lowest BCUT2D eigenvalue weighted by atomic mass is 10.1. The third kappa shape index (κ3) is 2.21. The van der Waals surface area contributed by atoms with Crippen LogP contribution in [-0.2, 0) is 4.08 Å². The lowest BCUT2D eigenvalue weighted by molar-refractivity contribution is 0.280. The highest BCUT2D eigenvalue weighted by molar-refractivity contribution is 8.17. The summed E-state index contributed by atoms with van der Waals surface area (Å²) in [6.07, 6.45) is 1.09. The minimum atomic E-state index is 0.189. The van der Waals surface area contributed by atoms with Crippen LogP contribution in [0.25, 0.3) is 0 Å². The molecule has 1 aliphatic rings. The Bertz CT molecular complexity index is 346. The van der Waals surface area contributed by atoms with E-state index in [9.17, 15) is 0 Å². The van der Waals surface area contributed by atoms with Gasteiger partial charge >= 0.3 is 0 Å². The SMILES string of the molecule is CCSC1(SCC)CCOc2cc[c]cc21. The molecular weight excluding hydrogens is 236 g/mol. The van der Waals surface area contributed by atoms with E-state index >= 15 is 0 Å². The second-order valence-corrected chi connectivity index (χ2v) is 7.02. The van der Waals surface area contributed by atoms with E-state index in [0.29, 0.717) is 0 Å². The summed E-state index contributed by atoms with van der Waals surface area (Å²) in [6.45, 7) is 5.28. The highest BCUT2D eigenvalue weighted by Gasteiger charge is 2.37. The Morgan fingerprint density at radius 3 is 2.81 bits per heavy atom.